The molecule has 0 spiro atoms. The summed E-state index contributed by atoms with van der Waals surface area (Å²) in [6.07, 6.45) is 0. The van der Waals surface area contributed by atoms with E-state index in [1.165, 1.54) is 7.11 Å². The lowest BCUT2D eigenvalue weighted by atomic mass is 10.1. The van der Waals surface area contributed by atoms with Gasteiger partial charge < -0.3 is 15.0 Å². The number of anilines is 1. The Morgan fingerprint density at radius 2 is 1.94 bits per heavy atom. The topological polar surface area (TPSA) is 53.1 Å². The number of aromatic nitrogens is 2. The van der Waals surface area contributed by atoms with Crippen molar-refractivity contribution in [3.63, 3.8) is 0 Å². The molecule has 0 radical (unpaired) electrons. The van der Waals surface area contributed by atoms with Gasteiger partial charge >= 0.3 is 0 Å². The molecule has 2 aromatic rings. The maximum absolute atomic E-state index is 13.9. The molecule has 6 heteroatoms. The third-order valence-corrected chi connectivity index (χ3v) is 2.91. The number of imidazole rings is 1. The second kappa shape index (κ2) is 4.29. The zero-order chi connectivity index (χ0) is 13.4. The van der Waals surface area contributed by atoms with Crippen molar-refractivity contribution < 1.29 is 13.5 Å². The molecule has 2 N–H and O–H groups in total. The van der Waals surface area contributed by atoms with Gasteiger partial charge in [-0.05, 0) is 13.0 Å². The number of rotatable bonds is 2. The Bertz CT molecular complexity index is 608. The van der Waals surface area contributed by atoms with E-state index in [1.54, 1.807) is 18.5 Å². The molecule has 0 aliphatic rings. The Morgan fingerprint density at radius 3 is 2.44 bits per heavy atom. The number of hydrogen-bond acceptors (Lipinski definition) is 3. The molecule has 0 saturated carbocycles. The summed E-state index contributed by atoms with van der Waals surface area (Å²) in [6, 6.07) is 2.05. The highest BCUT2D eigenvalue weighted by molar-refractivity contribution is 5.65. The fraction of sp³-hybridized carbons (Fsp3) is 0.250. The van der Waals surface area contributed by atoms with Gasteiger partial charge in [-0.15, -0.1) is 0 Å². The number of nitrogens with zero attached hydrogens (tertiary/aromatic N) is 2. The van der Waals surface area contributed by atoms with Crippen LogP contribution in [0.5, 0.6) is 5.75 Å². The first-order valence-electron chi connectivity index (χ1n) is 5.28. The standard InChI is InChI=1S/C12H13F2N3O/c1-6-11(16-12(15)17(6)2)7-4-9(14)10(18-3)5-8(7)13/h4-5H,1-3H3,(H2,15,16). The first-order valence-corrected chi connectivity index (χ1v) is 5.28. The lowest BCUT2D eigenvalue weighted by Crippen LogP contribution is -1.98. The van der Waals surface area contributed by atoms with Gasteiger partial charge in [0.05, 0.1) is 12.8 Å². The monoisotopic (exact) mass is 253 g/mol. The number of benzene rings is 1. The van der Waals surface area contributed by atoms with E-state index in [-0.39, 0.29) is 17.3 Å². The van der Waals surface area contributed by atoms with E-state index in [0.29, 0.717) is 11.4 Å². The molecule has 0 amide bonds. The minimum Gasteiger partial charge on any atom is -0.494 e. The summed E-state index contributed by atoms with van der Waals surface area (Å²) < 4.78 is 33.8. The van der Waals surface area contributed by atoms with E-state index in [4.69, 9.17) is 10.5 Å². The van der Waals surface area contributed by atoms with Crippen molar-refractivity contribution in [3.8, 4) is 17.0 Å². The Morgan fingerprint density at radius 1 is 1.28 bits per heavy atom. The predicted molar refractivity (Wildman–Crippen MR) is 64.3 cm³/mol. The van der Waals surface area contributed by atoms with Crippen LogP contribution in [0.25, 0.3) is 11.3 Å². The Balaban J connectivity index is 2.64. The summed E-state index contributed by atoms with van der Waals surface area (Å²) in [7, 11) is 2.99. The minimum atomic E-state index is -0.641. The van der Waals surface area contributed by atoms with Crippen molar-refractivity contribution in [1.82, 2.24) is 9.55 Å². The lowest BCUT2D eigenvalue weighted by molar-refractivity contribution is 0.383. The molecule has 18 heavy (non-hydrogen) atoms. The van der Waals surface area contributed by atoms with Crippen molar-refractivity contribution in [1.29, 1.82) is 0 Å². The highest BCUT2D eigenvalue weighted by atomic mass is 19.1. The number of ether oxygens (including phenoxy) is 1. The second-order valence-corrected chi connectivity index (χ2v) is 3.93. The number of nitrogens with two attached hydrogens (primary N) is 1. The van der Waals surface area contributed by atoms with Crippen LogP contribution in [-0.4, -0.2) is 16.7 Å². The maximum atomic E-state index is 13.9. The molecule has 0 aliphatic carbocycles. The van der Waals surface area contributed by atoms with E-state index in [1.807, 2.05) is 0 Å². The summed E-state index contributed by atoms with van der Waals surface area (Å²) in [4.78, 5) is 4.03. The predicted octanol–water partition coefficient (Wildman–Crippen LogP) is 2.26. The molecule has 0 bridgehead atoms. The average molecular weight is 253 g/mol. The molecule has 0 fully saturated rings. The normalized spacial score (nSPS) is 10.7. The van der Waals surface area contributed by atoms with Crippen molar-refractivity contribution in [2.75, 3.05) is 12.8 Å². The van der Waals surface area contributed by atoms with E-state index in [2.05, 4.69) is 4.98 Å². The maximum Gasteiger partial charge on any atom is 0.200 e. The number of hydrogen-bond donors (Lipinski definition) is 1. The third kappa shape index (κ3) is 1.79. The Labute approximate surface area is 103 Å². The van der Waals surface area contributed by atoms with Gasteiger partial charge in [0.15, 0.2) is 11.6 Å². The highest BCUT2D eigenvalue weighted by Crippen LogP contribution is 2.30. The summed E-state index contributed by atoms with van der Waals surface area (Å²) in [6.45, 7) is 1.74. The fourth-order valence-electron chi connectivity index (χ4n) is 1.72. The molecule has 1 aromatic carbocycles. The van der Waals surface area contributed by atoms with Crippen LogP contribution in [0.15, 0.2) is 12.1 Å². The van der Waals surface area contributed by atoms with E-state index in [9.17, 15) is 8.78 Å². The fourth-order valence-corrected chi connectivity index (χ4v) is 1.72. The van der Waals surface area contributed by atoms with Gasteiger partial charge in [0.2, 0.25) is 5.95 Å². The van der Waals surface area contributed by atoms with Crippen LogP contribution in [-0.2, 0) is 7.05 Å². The second-order valence-electron chi connectivity index (χ2n) is 3.93. The first-order chi connectivity index (χ1) is 8.45. The largest absolute Gasteiger partial charge is 0.494 e. The molecule has 0 saturated heterocycles. The van der Waals surface area contributed by atoms with Crippen LogP contribution >= 0.6 is 0 Å². The molecular formula is C12H13F2N3O. The molecule has 0 atom stereocenters. The zero-order valence-electron chi connectivity index (χ0n) is 10.3. The van der Waals surface area contributed by atoms with Gasteiger partial charge in [-0.3, -0.25) is 0 Å². The quantitative estimate of drug-likeness (QED) is 0.893. The molecule has 0 aliphatic heterocycles. The van der Waals surface area contributed by atoms with Crippen molar-refractivity contribution in [2.24, 2.45) is 7.05 Å². The average Bonchev–Trinajstić information content (AvgIpc) is 2.59. The van der Waals surface area contributed by atoms with Crippen LogP contribution in [0.1, 0.15) is 5.69 Å². The minimum absolute atomic E-state index is 0.0677. The number of halogens is 2. The van der Waals surface area contributed by atoms with Crippen LogP contribution in [0.2, 0.25) is 0 Å². The molecular weight excluding hydrogens is 240 g/mol. The molecule has 96 valence electrons. The van der Waals surface area contributed by atoms with Gasteiger partial charge in [-0.25, -0.2) is 13.8 Å². The number of methoxy groups -OCH3 is 1. The summed E-state index contributed by atoms with van der Waals surface area (Å²) >= 11 is 0. The Kier molecular flexibility index (Phi) is 2.94. The molecule has 1 heterocycles. The first kappa shape index (κ1) is 12.3. The lowest BCUT2D eigenvalue weighted by Gasteiger charge is -2.06. The van der Waals surface area contributed by atoms with Gasteiger partial charge in [0, 0.05) is 24.4 Å². The van der Waals surface area contributed by atoms with Gasteiger partial charge in [0.25, 0.3) is 0 Å². The summed E-state index contributed by atoms with van der Waals surface area (Å²) in [5, 5.41) is 0. The van der Waals surface area contributed by atoms with Gasteiger partial charge in [0.1, 0.15) is 5.82 Å². The number of nitrogen functional groups attached to an aromatic ring is 1. The van der Waals surface area contributed by atoms with Crippen LogP contribution in [0, 0.1) is 18.6 Å². The summed E-state index contributed by atoms with van der Waals surface area (Å²) in [5.74, 6) is -1.14. The van der Waals surface area contributed by atoms with Crippen LogP contribution in [0.4, 0.5) is 14.7 Å². The molecule has 0 unspecified atom stereocenters. The van der Waals surface area contributed by atoms with Crippen molar-refractivity contribution in [2.45, 2.75) is 6.92 Å². The van der Waals surface area contributed by atoms with E-state index in [0.717, 1.165) is 12.1 Å². The third-order valence-electron chi connectivity index (χ3n) is 2.91. The molecule has 1 aromatic heterocycles. The highest BCUT2D eigenvalue weighted by Gasteiger charge is 2.17. The van der Waals surface area contributed by atoms with Crippen LogP contribution in [0.3, 0.4) is 0 Å². The van der Waals surface area contributed by atoms with Gasteiger partial charge in [-0.1, -0.05) is 0 Å². The van der Waals surface area contributed by atoms with E-state index < -0.39 is 11.6 Å². The smallest absolute Gasteiger partial charge is 0.200 e. The molecule has 4 nitrogen and oxygen atoms in total. The molecule has 2 rings (SSSR count). The SMILES string of the molecule is COc1cc(F)c(-c2nc(N)n(C)c2C)cc1F. The van der Waals surface area contributed by atoms with E-state index >= 15 is 0 Å². The van der Waals surface area contributed by atoms with Crippen LogP contribution < -0.4 is 10.5 Å². The summed E-state index contributed by atoms with van der Waals surface area (Å²) in [5.41, 5.74) is 6.69. The van der Waals surface area contributed by atoms with Crippen molar-refractivity contribution in [3.05, 3.63) is 29.5 Å². The zero-order valence-corrected chi connectivity index (χ0v) is 10.3. The van der Waals surface area contributed by atoms with Gasteiger partial charge in [-0.2, -0.15) is 0 Å². The van der Waals surface area contributed by atoms with Crippen molar-refractivity contribution >= 4 is 5.95 Å². The Hall–Kier alpha value is -2.11.